The Morgan fingerprint density at radius 1 is 1.21 bits per heavy atom. The van der Waals surface area contributed by atoms with Crippen molar-refractivity contribution >= 4 is 45.2 Å². The molecular formula is C19H16ClF3N4O. The van der Waals surface area contributed by atoms with Gasteiger partial charge in [-0.15, -0.1) is 0 Å². The zero-order chi connectivity index (χ0) is 19.9. The average molecular weight is 409 g/mol. The van der Waals surface area contributed by atoms with Crippen LogP contribution in [0, 0.1) is 0 Å². The minimum Gasteiger partial charge on any atom is -0.383 e. The molecule has 0 spiro atoms. The molecule has 2 aromatic carbocycles. The summed E-state index contributed by atoms with van der Waals surface area (Å²) in [5.41, 5.74) is 1.71. The van der Waals surface area contributed by atoms with Gasteiger partial charge in [0, 0.05) is 35.8 Å². The topological polar surface area (TPSA) is 54.9 Å². The van der Waals surface area contributed by atoms with Crippen LogP contribution in [0.2, 0.25) is 5.02 Å². The van der Waals surface area contributed by atoms with Gasteiger partial charge in [0.1, 0.15) is 0 Å². The van der Waals surface area contributed by atoms with Crippen molar-refractivity contribution < 1.29 is 17.9 Å². The van der Waals surface area contributed by atoms with E-state index < -0.39 is 11.7 Å². The zero-order valence-electron chi connectivity index (χ0n) is 14.8. The van der Waals surface area contributed by atoms with E-state index in [2.05, 4.69) is 15.3 Å². The fraction of sp³-hybridized carbons (Fsp3) is 0.211. The third-order valence-electron chi connectivity index (χ3n) is 4.48. The summed E-state index contributed by atoms with van der Waals surface area (Å²) in [4.78, 5) is 7.52. The highest BCUT2D eigenvalue weighted by Crippen LogP contribution is 2.34. The molecule has 0 radical (unpaired) electrons. The summed E-state index contributed by atoms with van der Waals surface area (Å²) >= 11 is 6.09. The molecule has 5 nitrogen and oxygen atoms in total. The monoisotopic (exact) mass is 408 g/mol. The second-order valence-electron chi connectivity index (χ2n) is 6.30. The van der Waals surface area contributed by atoms with Crippen LogP contribution in [0.25, 0.3) is 21.9 Å². The Morgan fingerprint density at radius 3 is 2.79 bits per heavy atom. The van der Waals surface area contributed by atoms with Crippen molar-refractivity contribution in [3.05, 3.63) is 53.2 Å². The van der Waals surface area contributed by atoms with E-state index in [9.17, 15) is 13.2 Å². The molecule has 9 heteroatoms. The van der Waals surface area contributed by atoms with E-state index in [1.165, 1.54) is 6.07 Å². The molecule has 0 fully saturated rings. The molecule has 0 saturated heterocycles. The Bertz CT molecular complexity index is 1150. The van der Waals surface area contributed by atoms with Crippen LogP contribution in [0.3, 0.4) is 0 Å². The number of aromatic amines is 1. The largest absolute Gasteiger partial charge is 0.416 e. The second kappa shape index (κ2) is 7.03. The Kier molecular flexibility index (Phi) is 4.68. The van der Waals surface area contributed by atoms with Crippen molar-refractivity contribution in [2.24, 2.45) is 0 Å². The first-order valence-electron chi connectivity index (χ1n) is 8.47. The van der Waals surface area contributed by atoms with E-state index in [0.29, 0.717) is 29.6 Å². The molecule has 146 valence electrons. The van der Waals surface area contributed by atoms with Crippen LogP contribution < -0.4 is 5.32 Å². The zero-order valence-corrected chi connectivity index (χ0v) is 15.5. The van der Waals surface area contributed by atoms with E-state index in [4.69, 9.17) is 16.3 Å². The SMILES string of the molecule is COCCn1c(Nc2c[nH]c3ccc(Cl)cc23)nc2cc(C(F)(F)F)ccc21. The van der Waals surface area contributed by atoms with Crippen molar-refractivity contribution in [2.75, 3.05) is 19.0 Å². The van der Waals surface area contributed by atoms with E-state index in [1.54, 1.807) is 30.0 Å². The number of rotatable bonds is 5. The van der Waals surface area contributed by atoms with Gasteiger partial charge >= 0.3 is 6.18 Å². The molecule has 2 heterocycles. The van der Waals surface area contributed by atoms with Crippen molar-refractivity contribution in [3.8, 4) is 0 Å². The maximum Gasteiger partial charge on any atom is 0.416 e. The number of benzene rings is 2. The number of nitrogens with one attached hydrogen (secondary N) is 2. The standard InChI is InChI=1S/C19H16ClF3N4O/c1-28-7-6-27-17-5-2-11(19(21,22)23)8-15(17)25-18(27)26-16-10-24-14-4-3-12(20)9-13(14)16/h2-5,8-10,24H,6-7H2,1H3,(H,25,26). The third-order valence-corrected chi connectivity index (χ3v) is 4.72. The minimum atomic E-state index is -4.42. The highest BCUT2D eigenvalue weighted by molar-refractivity contribution is 6.31. The third kappa shape index (κ3) is 3.41. The molecular weight excluding hydrogens is 393 g/mol. The van der Waals surface area contributed by atoms with Gasteiger partial charge in [-0.05, 0) is 36.4 Å². The lowest BCUT2D eigenvalue weighted by atomic mass is 10.2. The number of nitrogens with zero attached hydrogens (tertiary/aromatic N) is 2. The Hall–Kier alpha value is -2.71. The van der Waals surface area contributed by atoms with Crippen LogP contribution in [0.1, 0.15) is 5.56 Å². The van der Waals surface area contributed by atoms with Crippen LogP contribution >= 0.6 is 11.6 Å². The maximum atomic E-state index is 13.1. The van der Waals surface area contributed by atoms with Gasteiger partial charge in [0.2, 0.25) is 5.95 Å². The first-order chi connectivity index (χ1) is 13.4. The predicted molar refractivity (Wildman–Crippen MR) is 103 cm³/mol. The molecule has 0 aliphatic rings. The van der Waals surface area contributed by atoms with Gasteiger partial charge in [0.25, 0.3) is 0 Å². The number of fused-ring (bicyclic) bond motifs is 2. The summed E-state index contributed by atoms with van der Waals surface area (Å²) in [6.07, 6.45) is -2.66. The number of aromatic nitrogens is 3. The molecule has 0 atom stereocenters. The van der Waals surface area contributed by atoms with Crippen molar-refractivity contribution in [1.29, 1.82) is 0 Å². The summed E-state index contributed by atoms with van der Waals surface area (Å²) < 4.78 is 46.1. The van der Waals surface area contributed by atoms with Gasteiger partial charge < -0.3 is 19.6 Å². The normalized spacial score (nSPS) is 12.2. The first kappa shape index (κ1) is 18.6. The number of anilines is 2. The lowest BCUT2D eigenvalue weighted by molar-refractivity contribution is -0.137. The summed E-state index contributed by atoms with van der Waals surface area (Å²) in [5.74, 6) is 0.423. The highest BCUT2D eigenvalue weighted by atomic mass is 35.5. The molecule has 0 unspecified atom stereocenters. The number of ether oxygens (including phenoxy) is 1. The van der Waals surface area contributed by atoms with Gasteiger partial charge in [-0.1, -0.05) is 11.6 Å². The smallest absolute Gasteiger partial charge is 0.383 e. The first-order valence-corrected chi connectivity index (χ1v) is 8.84. The lowest BCUT2D eigenvalue weighted by Gasteiger charge is -2.10. The molecule has 0 aliphatic heterocycles. The Labute approximate surface area is 163 Å². The van der Waals surface area contributed by atoms with E-state index >= 15 is 0 Å². The van der Waals surface area contributed by atoms with Crippen LogP contribution in [-0.4, -0.2) is 28.3 Å². The van der Waals surface area contributed by atoms with Gasteiger partial charge in [-0.3, -0.25) is 0 Å². The fourth-order valence-electron chi connectivity index (χ4n) is 3.13. The van der Waals surface area contributed by atoms with E-state index in [1.807, 2.05) is 6.07 Å². The molecule has 0 amide bonds. The van der Waals surface area contributed by atoms with Crippen molar-refractivity contribution in [2.45, 2.75) is 12.7 Å². The van der Waals surface area contributed by atoms with E-state index in [-0.39, 0.29) is 5.52 Å². The fourth-order valence-corrected chi connectivity index (χ4v) is 3.30. The number of methoxy groups -OCH3 is 1. The van der Waals surface area contributed by atoms with Gasteiger partial charge in [-0.25, -0.2) is 4.98 Å². The maximum absolute atomic E-state index is 13.1. The summed E-state index contributed by atoms with van der Waals surface area (Å²) in [5, 5.41) is 4.64. The summed E-state index contributed by atoms with van der Waals surface area (Å²) in [7, 11) is 1.57. The average Bonchev–Trinajstić information content (AvgIpc) is 3.20. The van der Waals surface area contributed by atoms with Crippen LogP contribution in [0.15, 0.2) is 42.6 Å². The molecule has 0 saturated carbocycles. The number of hydrogen-bond acceptors (Lipinski definition) is 3. The van der Waals surface area contributed by atoms with Crippen LogP contribution in [0.4, 0.5) is 24.8 Å². The predicted octanol–water partition coefficient (Wildman–Crippen LogP) is 5.58. The number of halogens is 4. The Morgan fingerprint density at radius 2 is 2.04 bits per heavy atom. The number of hydrogen-bond donors (Lipinski definition) is 2. The molecule has 4 rings (SSSR count). The van der Waals surface area contributed by atoms with Crippen molar-refractivity contribution in [1.82, 2.24) is 14.5 Å². The molecule has 2 aromatic heterocycles. The lowest BCUT2D eigenvalue weighted by Crippen LogP contribution is -2.08. The number of imidazole rings is 1. The second-order valence-corrected chi connectivity index (χ2v) is 6.73. The summed E-state index contributed by atoms with van der Waals surface area (Å²) in [6, 6.07) is 8.97. The highest BCUT2D eigenvalue weighted by Gasteiger charge is 2.31. The van der Waals surface area contributed by atoms with Crippen LogP contribution in [0.5, 0.6) is 0 Å². The molecule has 0 bridgehead atoms. The van der Waals surface area contributed by atoms with E-state index in [0.717, 1.165) is 28.7 Å². The van der Waals surface area contributed by atoms with Crippen molar-refractivity contribution in [3.63, 3.8) is 0 Å². The number of H-pyrrole nitrogens is 1. The quantitative estimate of drug-likeness (QED) is 0.453. The molecule has 2 N–H and O–H groups in total. The van der Waals surface area contributed by atoms with Gasteiger partial charge in [0.15, 0.2) is 0 Å². The molecule has 28 heavy (non-hydrogen) atoms. The van der Waals surface area contributed by atoms with Crippen LogP contribution in [-0.2, 0) is 17.5 Å². The summed E-state index contributed by atoms with van der Waals surface area (Å²) in [6.45, 7) is 0.824. The van der Waals surface area contributed by atoms with Gasteiger partial charge in [-0.2, -0.15) is 13.2 Å². The molecule has 4 aromatic rings. The number of alkyl halides is 3. The van der Waals surface area contributed by atoms with Gasteiger partial charge in [0.05, 0.1) is 28.9 Å². The molecule has 0 aliphatic carbocycles. The minimum absolute atomic E-state index is 0.256. The Balaban J connectivity index is 1.80.